The van der Waals surface area contributed by atoms with Gasteiger partial charge in [0.1, 0.15) is 11.9 Å². The number of rotatable bonds is 5. The zero-order valence-corrected chi connectivity index (χ0v) is 15.7. The molecule has 3 rings (SSSR count). The van der Waals surface area contributed by atoms with Gasteiger partial charge in [-0.3, -0.25) is 9.78 Å². The van der Waals surface area contributed by atoms with Crippen molar-refractivity contribution in [2.75, 3.05) is 6.54 Å². The molecule has 0 fully saturated rings. The summed E-state index contributed by atoms with van der Waals surface area (Å²) in [6.45, 7) is 6.54. The summed E-state index contributed by atoms with van der Waals surface area (Å²) in [6, 6.07) is 9.57. The first-order chi connectivity index (χ1) is 12.5. The molecule has 2 heterocycles. The quantitative estimate of drug-likeness (QED) is 0.707. The van der Waals surface area contributed by atoms with Crippen LogP contribution in [-0.4, -0.2) is 31.9 Å². The van der Waals surface area contributed by atoms with Crippen molar-refractivity contribution < 1.29 is 4.79 Å². The maximum atomic E-state index is 13.4. The van der Waals surface area contributed by atoms with Gasteiger partial charge in [-0.2, -0.15) is 0 Å². The van der Waals surface area contributed by atoms with Crippen molar-refractivity contribution in [3.63, 3.8) is 0 Å². The number of hydrogen-bond acceptors (Lipinski definition) is 3. The number of imidazole rings is 1. The third kappa shape index (κ3) is 3.38. The zero-order chi connectivity index (χ0) is 18.7. The zero-order valence-electron chi connectivity index (χ0n) is 15.7. The van der Waals surface area contributed by atoms with E-state index in [0.29, 0.717) is 6.54 Å². The molecular weight excluding hydrogens is 324 g/mol. The van der Waals surface area contributed by atoms with Crippen molar-refractivity contribution in [2.24, 2.45) is 7.05 Å². The Balaban J connectivity index is 2.10. The summed E-state index contributed by atoms with van der Waals surface area (Å²) >= 11 is 0. The highest BCUT2D eigenvalue weighted by Crippen LogP contribution is 2.29. The van der Waals surface area contributed by atoms with Gasteiger partial charge < -0.3 is 9.47 Å². The summed E-state index contributed by atoms with van der Waals surface area (Å²) in [5, 5.41) is 0. The molecule has 5 nitrogen and oxygen atoms in total. The molecule has 0 bridgehead atoms. The largest absolute Gasteiger partial charge is 0.336 e. The van der Waals surface area contributed by atoms with E-state index in [1.54, 1.807) is 18.6 Å². The standard InChI is InChI=1S/C21H24N4O/c1-5-25(21(26)18-13-15(2)8-9-16(18)3)19(17-7-6-10-22-14-17)20-23-11-12-24(20)4/h6-14,19H,5H2,1-4H3/t19-/m0/s1. The van der Waals surface area contributed by atoms with E-state index in [1.165, 1.54) is 0 Å². The Morgan fingerprint density at radius 2 is 2.04 bits per heavy atom. The molecule has 0 saturated heterocycles. The molecule has 134 valence electrons. The maximum Gasteiger partial charge on any atom is 0.255 e. The van der Waals surface area contributed by atoms with E-state index >= 15 is 0 Å². The number of nitrogens with zero attached hydrogens (tertiary/aromatic N) is 4. The van der Waals surface area contributed by atoms with Crippen LogP contribution >= 0.6 is 0 Å². The van der Waals surface area contributed by atoms with Crippen LogP contribution in [0.15, 0.2) is 55.1 Å². The second-order valence-corrected chi connectivity index (χ2v) is 6.49. The van der Waals surface area contributed by atoms with E-state index in [4.69, 9.17) is 0 Å². The Kier molecular flexibility index (Phi) is 5.16. The van der Waals surface area contributed by atoms with Crippen molar-refractivity contribution in [3.8, 4) is 0 Å². The van der Waals surface area contributed by atoms with Crippen LogP contribution in [0.25, 0.3) is 0 Å². The van der Waals surface area contributed by atoms with Gasteiger partial charge in [-0.1, -0.05) is 23.8 Å². The van der Waals surface area contributed by atoms with Crippen LogP contribution in [0.5, 0.6) is 0 Å². The van der Waals surface area contributed by atoms with Gasteiger partial charge in [0.05, 0.1) is 0 Å². The minimum atomic E-state index is -0.291. The topological polar surface area (TPSA) is 51.0 Å². The Bertz CT molecular complexity index is 901. The lowest BCUT2D eigenvalue weighted by atomic mass is 10.0. The molecule has 0 aliphatic heterocycles. The molecule has 1 atom stereocenters. The molecule has 5 heteroatoms. The number of pyridine rings is 1. The molecule has 0 unspecified atom stereocenters. The molecule has 0 spiro atoms. The third-order valence-electron chi connectivity index (χ3n) is 4.64. The predicted molar refractivity (Wildman–Crippen MR) is 102 cm³/mol. The van der Waals surface area contributed by atoms with Gasteiger partial charge >= 0.3 is 0 Å². The fourth-order valence-electron chi connectivity index (χ4n) is 3.21. The fourth-order valence-corrected chi connectivity index (χ4v) is 3.21. The average Bonchev–Trinajstić information content (AvgIpc) is 3.07. The molecule has 0 saturated carbocycles. The highest BCUT2D eigenvalue weighted by molar-refractivity contribution is 5.96. The third-order valence-corrected chi connectivity index (χ3v) is 4.64. The van der Waals surface area contributed by atoms with Crippen LogP contribution in [0.4, 0.5) is 0 Å². The summed E-state index contributed by atoms with van der Waals surface area (Å²) in [6.07, 6.45) is 7.20. The van der Waals surface area contributed by atoms with E-state index in [0.717, 1.165) is 28.1 Å². The van der Waals surface area contributed by atoms with Crippen molar-refractivity contribution in [1.29, 1.82) is 0 Å². The summed E-state index contributed by atoms with van der Waals surface area (Å²) in [5.41, 5.74) is 3.73. The smallest absolute Gasteiger partial charge is 0.255 e. The molecule has 2 aromatic heterocycles. The lowest BCUT2D eigenvalue weighted by Crippen LogP contribution is -2.37. The van der Waals surface area contributed by atoms with Crippen LogP contribution in [0, 0.1) is 13.8 Å². The first kappa shape index (κ1) is 17.9. The SMILES string of the molecule is CCN(C(=O)c1cc(C)ccc1C)[C@@H](c1cccnc1)c1nccn1C. The van der Waals surface area contributed by atoms with Gasteiger partial charge in [-0.05, 0) is 38.5 Å². The summed E-state index contributed by atoms with van der Waals surface area (Å²) in [7, 11) is 1.95. The van der Waals surface area contributed by atoms with Crippen LogP contribution in [-0.2, 0) is 7.05 Å². The number of aryl methyl sites for hydroxylation is 3. The second kappa shape index (κ2) is 7.52. The highest BCUT2D eigenvalue weighted by Gasteiger charge is 2.30. The van der Waals surface area contributed by atoms with E-state index in [-0.39, 0.29) is 11.9 Å². The van der Waals surface area contributed by atoms with E-state index in [2.05, 4.69) is 9.97 Å². The van der Waals surface area contributed by atoms with Gasteiger partial charge in [0.2, 0.25) is 0 Å². The van der Waals surface area contributed by atoms with E-state index in [1.807, 2.05) is 73.8 Å². The summed E-state index contributed by atoms with van der Waals surface area (Å²) in [4.78, 5) is 24.1. The molecule has 1 amide bonds. The number of aromatic nitrogens is 3. The van der Waals surface area contributed by atoms with Crippen LogP contribution in [0.3, 0.4) is 0 Å². The van der Waals surface area contributed by atoms with Gasteiger partial charge in [0, 0.05) is 49.5 Å². The monoisotopic (exact) mass is 348 g/mol. The molecule has 1 aromatic carbocycles. The highest BCUT2D eigenvalue weighted by atomic mass is 16.2. The molecule has 0 aliphatic carbocycles. The second-order valence-electron chi connectivity index (χ2n) is 6.49. The first-order valence-corrected chi connectivity index (χ1v) is 8.78. The van der Waals surface area contributed by atoms with Crippen molar-refractivity contribution in [1.82, 2.24) is 19.4 Å². The average molecular weight is 348 g/mol. The maximum absolute atomic E-state index is 13.4. The number of carbonyl (C=O) groups excluding carboxylic acids is 1. The van der Waals surface area contributed by atoms with Crippen molar-refractivity contribution >= 4 is 5.91 Å². The normalized spacial score (nSPS) is 12.0. The molecule has 0 aliphatic rings. The molecule has 3 aromatic rings. The van der Waals surface area contributed by atoms with Crippen molar-refractivity contribution in [2.45, 2.75) is 26.8 Å². The Hall–Kier alpha value is -2.95. The number of hydrogen-bond donors (Lipinski definition) is 0. The Morgan fingerprint density at radius 3 is 2.65 bits per heavy atom. The first-order valence-electron chi connectivity index (χ1n) is 8.78. The minimum absolute atomic E-state index is 0.00514. The number of benzene rings is 1. The molecule has 0 N–H and O–H groups in total. The minimum Gasteiger partial charge on any atom is -0.336 e. The van der Waals surface area contributed by atoms with Crippen LogP contribution in [0.1, 0.15) is 45.8 Å². The Morgan fingerprint density at radius 1 is 1.23 bits per heavy atom. The molecule has 0 radical (unpaired) electrons. The van der Waals surface area contributed by atoms with Crippen LogP contribution in [0.2, 0.25) is 0 Å². The molecular formula is C21H24N4O. The van der Waals surface area contributed by atoms with Gasteiger partial charge in [-0.15, -0.1) is 0 Å². The van der Waals surface area contributed by atoms with Crippen LogP contribution < -0.4 is 0 Å². The number of carbonyl (C=O) groups is 1. The van der Waals surface area contributed by atoms with E-state index in [9.17, 15) is 4.79 Å². The lowest BCUT2D eigenvalue weighted by Gasteiger charge is -2.31. The van der Waals surface area contributed by atoms with E-state index < -0.39 is 0 Å². The fraction of sp³-hybridized carbons (Fsp3) is 0.286. The summed E-state index contributed by atoms with van der Waals surface area (Å²) < 4.78 is 1.96. The number of amides is 1. The van der Waals surface area contributed by atoms with Gasteiger partial charge in [0.25, 0.3) is 5.91 Å². The summed E-state index contributed by atoms with van der Waals surface area (Å²) in [5.74, 6) is 0.823. The lowest BCUT2D eigenvalue weighted by molar-refractivity contribution is 0.0708. The molecule has 26 heavy (non-hydrogen) atoms. The van der Waals surface area contributed by atoms with Gasteiger partial charge in [-0.25, -0.2) is 4.98 Å². The Labute approximate surface area is 154 Å². The van der Waals surface area contributed by atoms with Crippen molar-refractivity contribution in [3.05, 3.63) is 83.2 Å². The van der Waals surface area contributed by atoms with Gasteiger partial charge in [0.15, 0.2) is 0 Å². The predicted octanol–water partition coefficient (Wildman–Crippen LogP) is 3.68.